The highest BCUT2D eigenvalue weighted by atomic mass is 16.5. The molecule has 1 aromatic carbocycles. The van der Waals surface area contributed by atoms with Gasteiger partial charge in [-0.1, -0.05) is 44.2 Å². The second kappa shape index (κ2) is 7.29. The number of fused-ring (bicyclic) bond motifs is 1. The standard InChI is InChI=1S/C18H23N5O/c1-13(2)11-23-12-20-15-16(19)21-18(22-17(15)23)24-10-6-9-14-7-4-3-5-8-14/h3-5,7-8,12-13H,6,9-11H2,1-2H3,(H2,19,21,22). The molecule has 0 amide bonds. The summed E-state index contributed by atoms with van der Waals surface area (Å²) in [5.74, 6) is 0.856. The third-order valence-electron chi connectivity index (χ3n) is 3.72. The van der Waals surface area contributed by atoms with Gasteiger partial charge >= 0.3 is 6.01 Å². The van der Waals surface area contributed by atoms with Crippen molar-refractivity contribution in [3.63, 3.8) is 0 Å². The number of hydrogen-bond donors (Lipinski definition) is 1. The Balaban J connectivity index is 1.66. The minimum atomic E-state index is 0.318. The van der Waals surface area contributed by atoms with E-state index in [1.54, 1.807) is 6.33 Å². The number of imidazole rings is 1. The summed E-state index contributed by atoms with van der Waals surface area (Å²) in [7, 11) is 0. The molecule has 126 valence electrons. The van der Waals surface area contributed by atoms with Crippen molar-refractivity contribution in [2.45, 2.75) is 33.2 Å². The molecular formula is C18H23N5O. The zero-order chi connectivity index (χ0) is 16.9. The first kappa shape index (κ1) is 16.2. The lowest BCUT2D eigenvalue weighted by Crippen LogP contribution is -2.07. The summed E-state index contributed by atoms with van der Waals surface area (Å²) >= 11 is 0. The maximum atomic E-state index is 5.99. The highest BCUT2D eigenvalue weighted by molar-refractivity contribution is 5.81. The molecule has 0 unspecified atom stereocenters. The first-order valence-electron chi connectivity index (χ1n) is 8.28. The summed E-state index contributed by atoms with van der Waals surface area (Å²) < 4.78 is 7.70. The molecule has 0 atom stereocenters. The van der Waals surface area contributed by atoms with E-state index < -0.39 is 0 Å². The van der Waals surface area contributed by atoms with Crippen LogP contribution in [0.25, 0.3) is 11.2 Å². The summed E-state index contributed by atoms with van der Waals surface area (Å²) in [6.45, 7) is 5.69. The molecule has 0 saturated heterocycles. The number of ether oxygens (including phenoxy) is 1. The van der Waals surface area contributed by atoms with Gasteiger partial charge in [-0.3, -0.25) is 0 Å². The van der Waals surface area contributed by atoms with E-state index in [9.17, 15) is 0 Å². The van der Waals surface area contributed by atoms with Gasteiger partial charge in [0.1, 0.15) is 0 Å². The van der Waals surface area contributed by atoms with Crippen molar-refractivity contribution < 1.29 is 4.74 Å². The van der Waals surface area contributed by atoms with Gasteiger partial charge in [0.25, 0.3) is 0 Å². The molecule has 0 spiro atoms. The monoisotopic (exact) mass is 325 g/mol. The lowest BCUT2D eigenvalue weighted by molar-refractivity contribution is 0.288. The summed E-state index contributed by atoms with van der Waals surface area (Å²) in [5.41, 5.74) is 8.65. The summed E-state index contributed by atoms with van der Waals surface area (Å²) in [5, 5.41) is 0. The molecule has 24 heavy (non-hydrogen) atoms. The molecule has 0 radical (unpaired) electrons. The van der Waals surface area contributed by atoms with Crippen molar-refractivity contribution in [2.24, 2.45) is 5.92 Å². The Hall–Kier alpha value is -2.63. The number of rotatable bonds is 7. The molecule has 0 fully saturated rings. The van der Waals surface area contributed by atoms with E-state index >= 15 is 0 Å². The van der Waals surface area contributed by atoms with E-state index in [1.807, 2.05) is 22.8 Å². The van der Waals surface area contributed by atoms with Crippen LogP contribution in [0, 0.1) is 5.92 Å². The predicted molar refractivity (Wildman–Crippen MR) is 94.8 cm³/mol. The van der Waals surface area contributed by atoms with Gasteiger partial charge in [-0.25, -0.2) is 4.98 Å². The van der Waals surface area contributed by atoms with Gasteiger partial charge in [-0.2, -0.15) is 9.97 Å². The Morgan fingerprint density at radius 1 is 1.17 bits per heavy atom. The van der Waals surface area contributed by atoms with Gasteiger partial charge in [-0.15, -0.1) is 0 Å². The molecule has 6 nitrogen and oxygen atoms in total. The normalized spacial score (nSPS) is 11.3. The third-order valence-corrected chi connectivity index (χ3v) is 3.72. The molecule has 2 aromatic heterocycles. The van der Waals surface area contributed by atoms with Crippen molar-refractivity contribution in [1.29, 1.82) is 0 Å². The Labute approximate surface area is 141 Å². The zero-order valence-electron chi connectivity index (χ0n) is 14.1. The van der Waals surface area contributed by atoms with Gasteiger partial charge in [0.2, 0.25) is 0 Å². The van der Waals surface area contributed by atoms with Crippen molar-refractivity contribution in [3.05, 3.63) is 42.2 Å². The van der Waals surface area contributed by atoms with Crippen molar-refractivity contribution in [2.75, 3.05) is 12.3 Å². The SMILES string of the molecule is CC(C)Cn1cnc2c(N)nc(OCCCc3ccccc3)nc21. The van der Waals surface area contributed by atoms with E-state index in [0.29, 0.717) is 29.9 Å². The van der Waals surface area contributed by atoms with Crippen LogP contribution in [-0.2, 0) is 13.0 Å². The van der Waals surface area contributed by atoms with E-state index in [4.69, 9.17) is 10.5 Å². The molecule has 0 aliphatic carbocycles. The maximum absolute atomic E-state index is 5.99. The average Bonchev–Trinajstić information content (AvgIpc) is 2.95. The third kappa shape index (κ3) is 3.82. The largest absolute Gasteiger partial charge is 0.463 e. The zero-order valence-corrected chi connectivity index (χ0v) is 14.1. The smallest absolute Gasteiger partial charge is 0.320 e. The molecule has 0 aliphatic heterocycles. The van der Waals surface area contributed by atoms with E-state index in [2.05, 4.69) is 40.9 Å². The van der Waals surface area contributed by atoms with E-state index in [0.717, 1.165) is 25.0 Å². The van der Waals surface area contributed by atoms with Crippen LogP contribution in [0.3, 0.4) is 0 Å². The van der Waals surface area contributed by atoms with Crippen LogP contribution in [0.1, 0.15) is 25.8 Å². The minimum Gasteiger partial charge on any atom is -0.463 e. The van der Waals surface area contributed by atoms with Crippen LogP contribution in [-0.4, -0.2) is 26.1 Å². The highest BCUT2D eigenvalue weighted by Crippen LogP contribution is 2.20. The molecule has 0 bridgehead atoms. The molecule has 0 saturated carbocycles. The lowest BCUT2D eigenvalue weighted by Gasteiger charge is -2.08. The fourth-order valence-electron chi connectivity index (χ4n) is 2.62. The molecule has 2 N–H and O–H groups in total. The van der Waals surface area contributed by atoms with Crippen molar-refractivity contribution in [1.82, 2.24) is 19.5 Å². The van der Waals surface area contributed by atoms with Gasteiger partial charge in [0.05, 0.1) is 12.9 Å². The van der Waals surface area contributed by atoms with Crippen molar-refractivity contribution >= 4 is 17.0 Å². The molecule has 6 heteroatoms. The van der Waals surface area contributed by atoms with Crippen LogP contribution < -0.4 is 10.5 Å². The number of benzene rings is 1. The Morgan fingerprint density at radius 3 is 2.71 bits per heavy atom. The fraction of sp³-hybridized carbons (Fsp3) is 0.389. The van der Waals surface area contributed by atoms with Gasteiger partial charge < -0.3 is 15.0 Å². The minimum absolute atomic E-state index is 0.318. The Kier molecular flexibility index (Phi) is 4.93. The lowest BCUT2D eigenvalue weighted by atomic mass is 10.1. The van der Waals surface area contributed by atoms with Gasteiger partial charge in [-0.05, 0) is 24.3 Å². The number of aryl methyl sites for hydroxylation is 1. The Bertz CT molecular complexity index is 798. The first-order valence-corrected chi connectivity index (χ1v) is 8.28. The molecule has 3 rings (SSSR count). The van der Waals surface area contributed by atoms with Gasteiger partial charge in [0, 0.05) is 6.54 Å². The molecule has 2 heterocycles. The fourth-order valence-corrected chi connectivity index (χ4v) is 2.62. The van der Waals surface area contributed by atoms with E-state index in [-0.39, 0.29) is 0 Å². The van der Waals surface area contributed by atoms with Crippen LogP contribution in [0.5, 0.6) is 6.01 Å². The highest BCUT2D eigenvalue weighted by Gasteiger charge is 2.12. The van der Waals surface area contributed by atoms with E-state index in [1.165, 1.54) is 5.56 Å². The number of aromatic nitrogens is 4. The van der Waals surface area contributed by atoms with Crippen LogP contribution >= 0.6 is 0 Å². The second-order valence-electron chi connectivity index (χ2n) is 6.29. The second-order valence-corrected chi connectivity index (χ2v) is 6.29. The van der Waals surface area contributed by atoms with Gasteiger partial charge in [0.15, 0.2) is 17.0 Å². The van der Waals surface area contributed by atoms with Crippen LogP contribution in [0.4, 0.5) is 5.82 Å². The number of hydrogen-bond acceptors (Lipinski definition) is 5. The number of nitrogen functional groups attached to an aromatic ring is 1. The summed E-state index contributed by atoms with van der Waals surface area (Å²) in [4.78, 5) is 13.0. The molecule has 3 aromatic rings. The first-order chi connectivity index (χ1) is 11.6. The maximum Gasteiger partial charge on any atom is 0.320 e. The number of anilines is 1. The number of nitrogens with zero attached hydrogens (tertiary/aromatic N) is 4. The van der Waals surface area contributed by atoms with Crippen molar-refractivity contribution in [3.8, 4) is 6.01 Å². The number of nitrogens with two attached hydrogens (primary N) is 1. The topological polar surface area (TPSA) is 78.9 Å². The van der Waals surface area contributed by atoms with Crippen LogP contribution in [0.15, 0.2) is 36.7 Å². The average molecular weight is 325 g/mol. The molecule has 0 aliphatic rings. The van der Waals surface area contributed by atoms with Crippen LogP contribution in [0.2, 0.25) is 0 Å². The summed E-state index contributed by atoms with van der Waals surface area (Å²) in [6.07, 6.45) is 3.62. The molecular weight excluding hydrogens is 302 g/mol. The predicted octanol–water partition coefficient (Wildman–Crippen LogP) is 3.08. The Morgan fingerprint density at radius 2 is 1.96 bits per heavy atom. The quantitative estimate of drug-likeness (QED) is 0.675. The summed E-state index contributed by atoms with van der Waals surface area (Å²) in [6, 6.07) is 10.7.